The molecule has 2 nitrogen and oxygen atoms in total. The fraction of sp³-hybridized carbons (Fsp3) is 0.316. The van der Waals surface area contributed by atoms with E-state index in [0.717, 1.165) is 28.8 Å². The molecule has 0 radical (unpaired) electrons. The van der Waals surface area contributed by atoms with Crippen LogP contribution in [0.25, 0.3) is 0 Å². The lowest BCUT2D eigenvalue weighted by molar-refractivity contribution is 0.467. The Bertz CT molecular complexity index is 618. The molecule has 0 amide bonds. The molecule has 110 valence electrons. The highest BCUT2D eigenvalue weighted by Gasteiger charge is 2.03. The van der Waals surface area contributed by atoms with Gasteiger partial charge in [0.25, 0.3) is 0 Å². The summed E-state index contributed by atoms with van der Waals surface area (Å²) in [5, 5.41) is 9.78. The molecule has 2 aromatic rings. The molecule has 0 aliphatic carbocycles. The van der Waals surface area contributed by atoms with Crippen LogP contribution in [0.5, 0.6) is 5.75 Å². The van der Waals surface area contributed by atoms with Crippen molar-refractivity contribution in [1.29, 1.82) is 0 Å². The quantitative estimate of drug-likeness (QED) is 0.760. The average Bonchev–Trinajstić information content (AvgIpc) is 2.50. The standard InChI is InChI=1S/C19H23NO/c1-5-13(2)17-6-8-18(9-7-17)20-12-16-10-14(3)19(21)15(4)11-16/h6-13,21H,5H2,1-4H3. The van der Waals surface area contributed by atoms with Gasteiger partial charge in [-0.2, -0.15) is 0 Å². The largest absolute Gasteiger partial charge is 0.507 e. The van der Waals surface area contributed by atoms with Gasteiger partial charge in [0.05, 0.1) is 5.69 Å². The number of aromatic hydroxyl groups is 1. The van der Waals surface area contributed by atoms with Crippen LogP contribution in [0.3, 0.4) is 0 Å². The van der Waals surface area contributed by atoms with Crippen molar-refractivity contribution < 1.29 is 5.11 Å². The molecule has 2 heteroatoms. The molecule has 21 heavy (non-hydrogen) atoms. The molecule has 0 saturated heterocycles. The SMILES string of the molecule is CCC(C)c1ccc(N=Cc2cc(C)c(O)c(C)c2)cc1. The predicted octanol–water partition coefficient (Wildman–Crippen LogP) is 5.27. The number of hydrogen-bond donors (Lipinski definition) is 1. The third kappa shape index (κ3) is 3.72. The molecule has 2 rings (SSSR count). The second-order valence-electron chi connectivity index (χ2n) is 5.66. The van der Waals surface area contributed by atoms with Gasteiger partial charge in [-0.1, -0.05) is 26.0 Å². The van der Waals surface area contributed by atoms with Gasteiger partial charge in [0.2, 0.25) is 0 Å². The molecule has 0 spiro atoms. The number of phenolic OH excluding ortho intramolecular Hbond substituents is 1. The fourth-order valence-electron chi connectivity index (χ4n) is 2.34. The van der Waals surface area contributed by atoms with E-state index in [9.17, 15) is 5.11 Å². The molecular formula is C19H23NO. The van der Waals surface area contributed by atoms with E-state index in [4.69, 9.17) is 0 Å². The predicted molar refractivity (Wildman–Crippen MR) is 90.0 cm³/mol. The molecular weight excluding hydrogens is 258 g/mol. The molecule has 0 aromatic heterocycles. The van der Waals surface area contributed by atoms with E-state index in [1.807, 2.05) is 32.2 Å². The zero-order chi connectivity index (χ0) is 15.4. The van der Waals surface area contributed by atoms with Crippen LogP contribution in [0, 0.1) is 13.8 Å². The van der Waals surface area contributed by atoms with E-state index in [1.165, 1.54) is 5.56 Å². The van der Waals surface area contributed by atoms with Gasteiger partial charge in [0, 0.05) is 6.21 Å². The smallest absolute Gasteiger partial charge is 0.121 e. The van der Waals surface area contributed by atoms with Crippen molar-refractivity contribution in [3.8, 4) is 5.75 Å². The number of aryl methyl sites for hydroxylation is 2. The van der Waals surface area contributed by atoms with Gasteiger partial charge in [-0.05, 0) is 72.7 Å². The van der Waals surface area contributed by atoms with Gasteiger partial charge >= 0.3 is 0 Å². The molecule has 1 unspecified atom stereocenters. The van der Waals surface area contributed by atoms with Crippen molar-refractivity contribution in [3.05, 3.63) is 58.7 Å². The van der Waals surface area contributed by atoms with Gasteiger partial charge in [0.15, 0.2) is 0 Å². The first kappa shape index (κ1) is 15.3. The van der Waals surface area contributed by atoms with Crippen LogP contribution in [0.2, 0.25) is 0 Å². The lowest BCUT2D eigenvalue weighted by Crippen LogP contribution is -1.90. The maximum atomic E-state index is 9.78. The van der Waals surface area contributed by atoms with Crippen LogP contribution in [0.1, 0.15) is 48.4 Å². The number of aliphatic imine (C=N–C) groups is 1. The van der Waals surface area contributed by atoms with Crippen molar-refractivity contribution in [2.45, 2.75) is 40.0 Å². The third-order valence-electron chi connectivity index (χ3n) is 3.95. The summed E-state index contributed by atoms with van der Waals surface area (Å²) in [5.41, 5.74) is 5.07. The molecule has 0 aliphatic heterocycles. The Labute approximate surface area is 127 Å². The molecule has 1 atom stereocenters. The maximum absolute atomic E-state index is 9.78. The Balaban J connectivity index is 2.18. The van der Waals surface area contributed by atoms with Gasteiger partial charge in [-0.15, -0.1) is 0 Å². The normalized spacial score (nSPS) is 12.8. The lowest BCUT2D eigenvalue weighted by atomic mass is 9.99. The number of phenols is 1. The van der Waals surface area contributed by atoms with Gasteiger partial charge in [-0.3, -0.25) is 4.99 Å². The van der Waals surface area contributed by atoms with E-state index >= 15 is 0 Å². The molecule has 0 bridgehead atoms. The summed E-state index contributed by atoms with van der Waals surface area (Å²) in [6, 6.07) is 12.3. The topological polar surface area (TPSA) is 32.6 Å². The highest BCUT2D eigenvalue weighted by Crippen LogP contribution is 2.24. The first-order valence-electron chi connectivity index (χ1n) is 7.45. The minimum absolute atomic E-state index is 0.366. The summed E-state index contributed by atoms with van der Waals surface area (Å²) in [6.07, 6.45) is 2.99. The second-order valence-corrected chi connectivity index (χ2v) is 5.66. The Morgan fingerprint density at radius 1 is 1.10 bits per heavy atom. The van der Waals surface area contributed by atoms with Gasteiger partial charge in [0.1, 0.15) is 5.75 Å². The summed E-state index contributed by atoms with van der Waals surface area (Å²) in [6.45, 7) is 8.24. The van der Waals surface area contributed by atoms with Crippen molar-refractivity contribution >= 4 is 11.9 Å². The Morgan fingerprint density at radius 3 is 2.19 bits per heavy atom. The Morgan fingerprint density at radius 2 is 1.67 bits per heavy atom. The summed E-state index contributed by atoms with van der Waals surface area (Å²) >= 11 is 0. The zero-order valence-electron chi connectivity index (χ0n) is 13.2. The highest BCUT2D eigenvalue weighted by atomic mass is 16.3. The van der Waals surface area contributed by atoms with E-state index in [0.29, 0.717) is 11.7 Å². The van der Waals surface area contributed by atoms with E-state index in [2.05, 4.69) is 43.1 Å². The average molecular weight is 281 g/mol. The van der Waals surface area contributed by atoms with Crippen LogP contribution >= 0.6 is 0 Å². The minimum Gasteiger partial charge on any atom is -0.507 e. The summed E-state index contributed by atoms with van der Waals surface area (Å²) in [5.74, 6) is 0.954. The van der Waals surface area contributed by atoms with Crippen LogP contribution in [-0.2, 0) is 0 Å². The monoisotopic (exact) mass is 281 g/mol. The number of hydrogen-bond acceptors (Lipinski definition) is 2. The van der Waals surface area contributed by atoms with Crippen LogP contribution < -0.4 is 0 Å². The van der Waals surface area contributed by atoms with Crippen molar-refractivity contribution in [2.24, 2.45) is 4.99 Å². The Kier molecular flexibility index (Phi) is 4.79. The maximum Gasteiger partial charge on any atom is 0.121 e. The number of rotatable bonds is 4. The summed E-state index contributed by atoms with van der Waals surface area (Å²) in [4.78, 5) is 4.51. The van der Waals surface area contributed by atoms with Gasteiger partial charge in [-0.25, -0.2) is 0 Å². The minimum atomic E-state index is 0.366. The van der Waals surface area contributed by atoms with E-state index in [1.54, 1.807) is 0 Å². The summed E-state index contributed by atoms with van der Waals surface area (Å²) in [7, 11) is 0. The molecule has 0 saturated carbocycles. The van der Waals surface area contributed by atoms with Crippen molar-refractivity contribution in [1.82, 2.24) is 0 Å². The summed E-state index contributed by atoms with van der Waals surface area (Å²) < 4.78 is 0. The number of benzene rings is 2. The fourth-order valence-corrected chi connectivity index (χ4v) is 2.34. The van der Waals surface area contributed by atoms with E-state index < -0.39 is 0 Å². The highest BCUT2D eigenvalue weighted by molar-refractivity contribution is 5.83. The van der Waals surface area contributed by atoms with Crippen LogP contribution in [0.15, 0.2) is 41.4 Å². The molecule has 2 aromatic carbocycles. The van der Waals surface area contributed by atoms with Crippen molar-refractivity contribution in [2.75, 3.05) is 0 Å². The van der Waals surface area contributed by atoms with Crippen molar-refractivity contribution in [3.63, 3.8) is 0 Å². The molecule has 0 heterocycles. The van der Waals surface area contributed by atoms with Crippen LogP contribution in [0.4, 0.5) is 5.69 Å². The lowest BCUT2D eigenvalue weighted by Gasteiger charge is -2.08. The first-order valence-corrected chi connectivity index (χ1v) is 7.45. The number of nitrogens with zero attached hydrogens (tertiary/aromatic N) is 1. The molecule has 0 aliphatic rings. The molecule has 0 fully saturated rings. The third-order valence-corrected chi connectivity index (χ3v) is 3.95. The first-order chi connectivity index (χ1) is 10.0. The van der Waals surface area contributed by atoms with Crippen LogP contribution in [-0.4, -0.2) is 11.3 Å². The van der Waals surface area contributed by atoms with E-state index in [-0.39, 0.29) is 0 Å². The zero-order valence-corrected chi connectivity index (χ0v) is 13.2. The Hall–Kier alpha value is -2.09. The second kappa shape index (κ2) is 6.57. The molecule has 1 N–H and O–H groups in total. The van der Waals surface area contributed by atoms with Gasteiger partial charge < -0.3 is 5.11 Å².